The van der Waals surface area contributed by atoms with Crippen molar-refractivity contribution in [2.24, 2.45) is 0 Å². The lowest BCUT2D eigenvalue weighted by molar-refractivity contribution is 0.263. The van der Waals surface area contributed by atoms with Gasteiger partial charge in [0.15, 0.2) is 0 Å². The molecule has 0 aliphatic rings. The Bertz CT molecular complexity index is 634. The Balaban J connectivity index is 2.43. The number of fused-ring (bicyclic) bond motifs is 1. The van der Waals surface area contributed by atoms with Crippen LogP contribution >= 0.6 is 11.6 Å². The summed E-state index contributed by atoms with van der Waals surface area (Å²) >= 11 is 6.25. The zero-order valence-electron chi connectivity index (χ0n) is 13.3. The third kappa shape index (κ3) is 3.38. The van der Waals surface area contributed by atoms with Gasteiger partial charge in [0.2, 0.25) is 0 Å². The van der Waals surface area contributed by atoms with Crippen LogP contribution in [0.1, 0.15) is 37.5 Å². The molecule has 0 aliphatic carbocycles. The maximum atomic E-state index is 13.7. The molecule has 0 aliphatic heterocycles. The van der Waals surface area contributed by atoms with Crippen LogP contribution in [0.3, 0.4) is 0 Å². The summed E-state index contributed by atoms with van der Waals surface area (Å²) in [7, 11) is 2.10. The Morgan fingerprint density at radius 1 is 1.33 bits per heavy atom. The molecule has 0 spiro atoms. The van der Waals surface area contributed by atoms with E-state index in [4.69, 9.17) is 11.6 Å². The van der Waals surface area contributed by atoms with E-state index >= 15 is 0 Å². The van der Waals surface area contributed by atoms with Gasteiger partial charge in [-0.25, -0.2) is 9.37 Å². The van der Waals surface area contributed by atoms with Gasteiger partial charge in [-0.1, -0.05) is 0 Å². The Labute approximate surface area is 130 Å². The Hall–Kier alpha value is -1.13. The van der Waals surface area contributed by atoms with Crippen LogP contribution in [0.5, 0.6) is 0 Å². The van der Waals surface area contributed by atoms with Crippen LogP contribution in [-0.4, -0.2) is 34.1 Å². The highest BCUT2D eigenvalue weighted by Gasteiger charge is 2.17. The van der Waals surface area contributed by atoms with Crippen LogP contribution in [-0.2, 0) is 6.54 Å². The number of benzene rings is 1. The molecule has 0 radical (unpaired) electrons. The van der Waals surface area contributed by atoms with Crippen molar-refractivity contribution in [2.45, 2.75) is 45.7 Å². The number of halogens is 2. The lowest BCUT2D eigenvalue weighted by Crippen LogP contribution is -2.30. The highest BCUT2D eigenvalue weighted by Crippen LogP contribution is 2.26. The van der Waals surface area contributed by atoms with E-state index in [1.54, 1.807) is 6.92 Å². The summed E-state index contributed by atoms with van der Waals surface area (Å²) in [6.07, 6.45) is 0. The molecule has 0 N–H and O–H groups in total. The summed E-state index contributed by atoms with van der Waals surface area (Å²) in [6.45, 7) is 9.69. The van der Waals surface area contributed by atoms with E-state index in [9.17, 15) is 4.39 Å². The van der Waals surface area contributed by atoms with Crippen LogP contribution in [0.2, 0.25) is 0 Å². The number of aromatic nitrogens is 2. The highest BCUT2D eigenvalue weighted by atomic mass is 35.5. The Morgan fingerprint density at radius 3 is 2.57 bits per heavy atom. The normalized spacial score (nSPS) is 13.6. The van der Waals surface area contributed by atoms with Gasteiger partial charge in [-0.05, 0) is 46.4 Å². The summed E-state index contributed by atoms with van der Waals surface area (Å²) in [6, 6.07) is 3.84. The molecule has 1 unspecified atom stereocenters. The molecule has 2 rings (SSSR count). The molecule has 0 amide bonds. The van der Waals surface area contributed by atoms with Gasteiger partial charge in [-0.15, -0.1) is 11.6 Å². The first-order valence-corrected chi connectivity index (χ1v) is 7.75. The number of likely N-dealkylation sites (N-methyl/N-ethyl adjacent to an activating group) is 1. The van der Waals surface area contributed by atoms with Gasteiger partial charge in [-0.2, -0.15) is 0 Å². The summed E-state index contributed by atoms with van der Waals surface area (Å²) in [5.74, 6) is 0.578. The summed E-state index contributed by atoms with van der Waals surface area (Å²) < 4.78 is 15.8. The van der Waals surface area contributed by atoms with E-state index in [2.05, 4.69) is 35.3 Å². The van der Waals surface area contributed by atoms with Crippen molar-refractivity contribution in [2.75, 3.05) is 13.6 Å². The predicted molar refractivity (Wildman–Crippen MR) is 86.5 cm³/mol. The first-order chi connectivity index (χ1) is 9.81. The Kier molecular flexibility index (Phi) is 4.89. The number of aryl methyl sites for hydroxylation is 1. The first kappa shape index (κ1) is 16.2. The molecule has 5 heteroatoms. The fourth-order valence-electron chi connectivity index (χ4n) is 2.32. The molecular formula is C16H23ClFN3. The van der Waals surface area contributed by atoms with Gasteiger partial charge in [0.05, 0.1) is 16.4 Å². The number of rotatable bonds is 5. The topological polar surface area (TPSA) is 21.1 Å². The van der Waals surface area contributed by atoms with Crippen LogP contribution in [0.25, 0.3) is 11.0 Å². The van der Waals surface area contributed by atoms with Crippen molar-refractivity contribution in [3.8, 4) is 0 Å². The van der Waals surface area contributed by atoms with Gasteiger partial charge < -0.3 is 9.47 Å². The fourth-order valence-corrected chi connectivity index (χ4v) is 2.49. The molecule has 1 atom stereocenters. The average molecular weight is 312 g/mol. The van der Waals surface area contributed by atoms with E-state index in [1.165, 1.54) is 6.07 Å². The van der Waals surface area contributed by atoms with Crippen molar-refractivity contribution >= 4 is 22.6 Å². The molecule has 0 saturated carbocycles. The second kappa shape index (κ2) is 6.32. The summed E-state index contributed by atoms with van der Waals surface area (Å²) in [4.78, 5) is 6.78. The standard InChI is InChI=1S/C16H23ClFN3/c1-10(2)20(5)6-7-21-15-8-11(3)13(18)9-14(15)19-16(21)12(4)17/h8-10,12H,6-7H2,1-5H3. The minimum atomic E-state index is -0.222. The lowest BCUT2D eigenvalue weighted by Gasteiger charge is -2.22. The quantitative estimate of drug-likeness (QED) is 0.774. The van der Waals surface area contributed by atoms with E-state index in [-0.39, 0.29) is 11.2 Å². The second-order valence-electron chi connectivity index (χ2n) is 5.90. The molecule has 3 nitrogen and oxygen atoms in total. The third-order valence-corrected chi connectivity index (χ3v) is 4.17. The maximum absolute atomic E-state index is 13.7. The van der Waals surface area contributed by atoms with E-state index in [0.717, 1.165) is 24.4 Å². The molecule has 116 valence electrons. The highest BCUT2D eigenvalue weighted by molar-refractivity contribution is 6.20. The van der Waals surface area contributed by atoms with Crippen molar-refractivity contribution < 1.29 is 4.39 Å². The minimum Gasteiger partial charge on any atom is -0.325 e. The third-order valence-electron chi connectivity index (χ3n) is 3.97. The summed E-state index contributed by atoms with van der Waals surface area (Å²) in [5, 5.41) is -0.204. The largest absolute Gasteiger partial charge is 0.325 e. The number of imidazole rings is 1. The summed E-state index contributed by atoms with van der Waals surface area (Å²) in [5.41, 5.74) is 2.26. The van der Waals surface area contributed by atoms with Crippen LogP contribution in [0.4, 0.5) is 4.39 Å². The van der Waals surface area contributed by atoms with Crippen molar-refractivity contribution in [1.29, 1.82) is 0 Å². The molecule has 1 aromatic heterocycles. The first-order valence-electron chi connectivity index (χ1n) is 7.31. The van der Waals surface area contributed by atoms with Gasteiger partial charge in [-0.3, -0.25) is 0 Å². The van der Waals surface area contributed by atoms with E-state index in [0.29, 0.717) is 17.1 Å². The maximum Gasteiger partial charge on any atom is 0.128 e. The van der Waals surface area contributed by atoms with Gasteiger partial charge in [0.1, 0.15) is 11.6 Å². The molecular weight excluding hydrogens is 289 g/mol. The number of alkyl halides is 1. The molecule has 0 saturated heterocycles. The van der Waals surface area contributed by atoms with Crippen LogP contribution in [0, 0.1) is 12.7 Å². The smallest absolute Gasteiger partial charge is 0.128 e. The van der Waals surface area contributed by atoms with Gasteiger partial charge in [0, 0.05) is 25.2 Å². The molecule has 1 aromatic carbocycles. The van der Waals surface area contributed by atoms with Crippen LogP contribution in [0.15, 0.2) is 12.1 Å². The number of hydrogen-bond acceptors (Lipinski definition) is 2. The van der Waals surface area contributed by atoms with E-state index in [1.807, 2.05) is 13.0 Å². The van der Waals surface area contributed by atoms with E-state index < -0.39 is 0 Å². The van der Waals surface area contributed by atoms with Crippen molar-refractivity contribution in [1.82, 2.24) is 14.5 Å². The zero-order valence-corrected chi connectivity index (χ0v) is 14.1. The lowest BCUT2D eigenvalue weighted by atomic mass is 10.2. The average Bonchev–Trinajstić information content (AvgIpc) is 2.74. The van der Waals surface area contributed by atoms with Crippen molar-refractivity contribution in [3.63, 3.8) is 0 Å². The predicted octanol–water partition coefficient (Wildman–Crippen LogP) is 4.12. The fraction of sp³-hybridized carbons (Fsp3) is 0.562. The Morgan fingerprint density at radius 2 is 2.00 bits per heavy atom. The molecule has 21 heavy (non-hydrogen) atoms. The van der Waals surface area contributed by atoms with Crippen molar-refractivity contribution in [3.05, 3.63) is 29.3 Å². The number of hydrogen-bond donors (Lipinski definition) is 0. The molecule has 0 fully saturated rings. The minimum absolute atomic E-state index is 0.204. The number of nitrogens with zero attached hydrogens (tertiary/aromatic N) is 3. The van der Waals surface area contributed by atoms with Crippen LogP contribution < -0.4 is 0 Å². The SMILES string of the molecule is Cc1cc2c(cc1F)nc(C(C)Cl)n2CCN(C)C(C)C. The molecule has 1 heterocycles. The van der Waals surface area contributed by atoms with Gasteiger partial charge in [0.25, 0.3) is 0 Å². The molecule has 2 aromatic rings. The van der Waals surface area contributed by atoms with Gasteiger partial charge >= 0.3 is 0 Å². The zero-order chi connectivity index (χ0) is 15.7. The monoisotopic (exact) mass is 311 g/mol. The second-order valence-corrected chi connectivity index (χ2v) is 6.56. The molecule has 0 bridgehead atoms.